The minimum atomic E-state index is -0.544. The second kappa shape index (κ2) is 10.0. The van der Waals surface area contributed by atoms with Gasteiger partial charge in [0.15, 0.2) is 0 Å². The number of ether oxygens (including phenoxy) is 1. The van der Waals surface area contributed by atoms with E-state index in [1.54, 1.807) is 18.2 Å². The number of nitrogens with zero attached hydrogens (tertiary/aromatic N) is 4. The molecule has 1 aliphatic heterocycles. The van der Waals surface area contributed by atoms with E-state index in [9.17, 15) is 10.1 Å². The number of carbonyl (C=O) groups is 1. The van der Waals surface area contributed by atoms with Crippen molar-refractivity contribution >= 4 is 52.5 Å². The molecule has 3 aromatic rings. The summed E-state index contributed by atoms with van der Waals surface area (Å²) in [6, 6.07) is 14.9. The molecule has 4 rings (SSSR count). The fraction of sp³-hybridized carbons (Fsp3) is 0.333. The van der Waals surface area contributed by atoms with Gasteiger partial charge in [-0.3, -0.25) is 0 Å². The number of fused-ring (bicyclic) bond motifs is 1. The third kappa shape index (κ3) is 5.97. The summed E-state index contributed by atoms with van der Waals surface area (Å²) >= 11 is 0. The van der Waals surface area contributed by atoms with Crippen molar-refractivity contribution in [1.82, 2.24) is 15.3 Å². The van der Waals surface area contributed by atoms with Gasteiger partial charge in [0.25, 0.3) is 0 Å². The Kier molecular flexibility index (Phi) is 7.32. The SMILES string of the molecule is CC(C)(C)OC(=O)NC1CCN(c2nc(Nc3cc(N)cc(C#N)c3)nc3ccccc23)C1.Cl. The lowest BCUT2D eigenvalue weighted by Gasteiger charge is -2.23. The quantitative estimate of drug-likeness (QED) is 0.469. The summed E-state index contributed by atoms with van der Waals surface area (Å²) in [5, 5.41) is 16.3. The van der Waals surface area contributed by atoms with Crippen molar-refractivity contribution in [2.75, 3.05) is 29.0 Å². The van der Waals surface area contributed by atoms with Crippen molar-refractivity contribution in [3.8, 4) is 6.07 Å². The van der Waals surface area contributed by atoms with E-state index in [1.807, 2.05) is 45.0 Å². The number of aromatic nitrogens is 2. The number of para-hydroxylation sites is 1. The second-order valence-corrected chi connectivity index (χ2v) is 9.05. The molecule has 0 aliphatic carbocycles. The summed E-state index contributed by atoms with van der Waals surface area (Å²) in [6.45, 7) is 6.87. The molecule has 0 spiro atoms. The minimum Gasteiger partial charge on any atom is -0.444 e. The van der Waals surface area contributed by atoms with Gasteiger partial charge < -0.3 is 26.0 Å². The number of halogens is 1. The lowest BCUT2D eigenvalue weighted by Crippen LogP contribution is -2.40. The number of carbonyl (C=O) groups excluding carboxylic acids is 1. The number of hydrogen-bond acceptors (Lipinski definition) is 8. The Morgan fingerprint density at radius 1 is 1.24 bits per heavy atom. The summed E-state index contributed by atoms with van der Waals surface area (Å²) in [5.41, 5.74) is 7.73. The van der Waals surface area contributed by atoms with Crippen LogP contribution in [0.25, 0.3) is 10.9 Å². The fourth-order valence-corrected chi connectivity index (χ4v) is 3.82. The number of nitriles is 1. The Bertz CT molecular complexity index is 1240. The first-order valence-electron chi connectivity index (χ1n) is 10.8. The zero-order valence-electron chi connectivity index (χ0n) is 19.3. The Labute approximate surface area is 204 Å². The third-order valence-corrected chi connectivity index (χ3v) is 5.13. The number of nitrogens with one attached hydrogen (secondary N) is 2. The monoisotopic (exact) mass is 481 g/mol. The van der Waals surface area contributed by atoms with E-state index >= 15 is 0 Å². The smallest absolute Gasteiger partial charge is 0.407 e. The number of anilines is 4. The average Bonchev–Trinajstić information content (AvgIpc) is 3.19. The van der Waals surface area contributed by atoms with Gasteiger partial charge in [-0.15, -0.1) is 12.4 Å². The van der Waals surface area contributed by atoms with Gasteiger partial charge in [0.05, 0.1) is 23.2 Å². The Hall–Kier alpha value is -3.77. The maximum Gasteiger partial charge on any atom is 0.407 e. The number of nitrogens with two attached hydrogens (primary N) is 1. The normalized spacial score (nSPS) is 15.4. The Morgan fingerprint density at radius 3 is 2.74 bits per heavy atom. The number of rotatable bonds is 4. The standard InChI is InChI=1S/C24H27N7O2.ClH/c1-24(2,3)33-23(32)28-17-8-9-31(14-17)21-19-6-4-5-7-20(19)29-22(30-21)27-18-11-15(13-25)10-16(26)12-18;/h4-7,10-12,17H,8-9,14,26H2,1-3H3,(H,28,32)(H,27,29,30);1H. The molecule has 1 aliphatic rings. The van der Waals surface area contributed by atoms with Gasteiger partial charge >= 0.3 is 6.09 Å². The molecule has 1 saturated heterocycles. The molecule has 0 saturated carbocycles. The molecule has 4 N–H and O–H groups in total. The fourth-order valence-electron chi connectivity index (χ4n) is 3.82. The molecule has 1 amide bonds. The first-order chi connectivity index (χ1) is 15.7. The topological polar surface area (TPSA) is 129 Å². The van der Waals surface area contributed by atoms with Crippen LogP contribution in [-0.4, -0.2) is 40.8 Å². The zero-order valence-corrected chi connectivity index (χ0v) is 20.1. The average molecular weight is 482 g/mol. The van der Waals surface area contributed by atoms with Crippen molar-refractivity contribution in [1.29, 1.82) is 5.26 Å². The van der Waals surface area contributed by atoms with E-state index in [2.05, 4.69) is 26.6 Å². The number of benzene rings is 2. The van der Waals surface area contributed by atoms with Crippen LogP contribution in [0.2, 0.25) is 0 Å². The molecule has 9 nitrogen and oxygen atoms in total. The molecule has 34 heavy (non-hydrogen) atoms. The van der Waals surface area contributed by atoms with Crippen molar-refractivity contribution in [2.45, 2.75) is 38.8 Å². The first-order valence-corrected chi connectivity index (χ1v) is 10.8. The maximum atomic E-state index is 12.2. The molecule has 2 aromatic carbocycles. The van der Waals surface area contributed by atoms with Crippen molar-refractivity contribution < 1.29 is 9.53 Å². The highest BCUT2D eigenvalue weighted by Gasteiger charge is 2.28. The minimum absolute atomic E-state index is 0. The van der Waals surface area contributed by atoms with Gasteiger partial charge in [0.1, 0.15) is 11.4 Å². The van der Waals surface area contributed by atoms with Crippen LogP contribution in [0.5, 0.6) is 0 Å². The van der Waals surface area contributed by atoms with Crippen LogP contribution < -0.4 is 21.3 Å². The highest BCUT2D eigenvalue weighted by atomic mass is 35.5. The van der Waals surface area contributed by atoms with Gasteiger partial charge in [-0.2, -0.15) is 10.2 Å². The summed E-state index contributed by atoms with van der Waals surface area (Å²) in [6.07, 6.45) is 0.361. The van der Waals surface area contributed by atoms with Gasteiger partial charge in [-0.25, -0.2) is 9.78 Å². The molecule has 0 radical (unpaired) electrons. The molecule has 10 heteroatoms. The number of alkyl carbamates (subject to hydrolysis) is 1. The zero-order chi connectivity index (χ0) is 23.6. The first kappa shape index (κ1) is 24.9. The van der Waals surface area contributed by atoms with Gasteiger partial charge in [-0.05, 0) is 57.5 Å². The lowest BCUT2D eigenvalue weighted by molar-refractivity contribution is 0.0509. The summed E-state index contributed by atoms with van der Waals surface area (Å²) in [5.74, 6) is 1.18. The van der Waals surface area contributed by atoms with E-state index in [0.717, 1.165) is 29.7 Å². The molecule has 2 heterocycles. The van der Waals surface area contributed by atoms with Crippen molar-refractivity contribution in [3.63, 3.8) is 0 Å². The van der Waals surface area contributed by atoms with E-state index in [4.69, 9.17) is 15.5 Å². The van der Waals surface area contributed by atoms with E-state index in [1.165, 1.54) is 0 Å². The predicted molar refractivity (Wildman–Crippen MR) is 136 cm³/mol. The van der Waals surface area contributed by atoms with Crippen LogP contribution in [0.15, 0.2) is 42.5 Å². The molecule has 1 aromatic heterocycles. The summed E-state index contributed by atoms with van der Waals surface area (Å²) < 4.78 is 5.39. The second-order valence-electron chi connectivity index (χ2n) is 9.05. The van der Waals surface area contributed by atoms with Crippen LogP contribution >= 0.6 is 12.4 Å². The largest absolute Gasteiger partial charge is 0.444 e. The molecule has 1 fully saturated rings. The van der Waals surface area contributed by atoms with Crippen LogP contribution in [0.1, 0.15) is 32.8 Å². The Morgan fingerprint density at radius 2 is 2.00 bits per heavy atom. The molecule has 1 unspecified atom stereocenters. The Balaban J connectivity index is 0.00000324. The van der Waals surface area contributed by atoms with Crippen LogP contribution in [0, 0.1) is 11.3 Å². The van der Waals surface area contributed by atoms with Gasteiger partial charge in [0, 0.05) is 29.9 Å². The van der Waals surface area contributed by atoms with E-state index in [0.29, 0.717) is 29.4 Å². The number of hydrogen-bond donors (Lipinski definition) is 3. The van der Waals surface area contributed by atoms with Crippen LogP contribution in [0.4, 0.5) is 27.9 Å². The van der Waals surface area contributed by atoms with Gasteiger partial charge in [-0.1, -0.05) is 12.1 Å². The lowest BCUT2D eigenvalue weighted by atomic mass is 10.2. The van der Waals surface area contributed by atoms with E-state index < -0.39 is 11.7 Å². The van der Waals surface area contributed by atoms with Crippen LogP contribution in [0.3, 0.4) is 0 Å². The highest BCUT2D eigenvalue weighted by Crippen LogP contribution is 2.29. The molecule has 0 bridgehead atoms. The number of nitrogen functional groups attached to an aromatic ring is 1. The van der Waals surface area contributed by atoms with Gasteiger partial charge in [0.2, 0.25) is 5.95 Å². The molecular formula is C24H28ClN7O2. The van der Waals surface area contributed by atoms with Crippen molar-refractivity contribution in [2.24, 2.45) is 0 Å². The number of amides is 1. The summed E-state index contributed by atoms with van der Waals surface area (Å²) in [4.78, 5) is 23.7. The summed E-state index contributed by atoms with van der Waals surface area (Å²) in [7, 11) is 0. The van der Waals surface area contributed by atoms with Crippen molar-refractivity contribution in [3.05, 3.63) is 48.0 Å². The molecule has 1 atom stereocenters. The highest BCUT2D eigenvalue weighted by molar-refractivity contribution is 5.91. The molecular weight excluding hydrogens is 454 g/mol. The van der Waals surface area contributed by atoms with E-state index in [-0.39, 0.29) is 18.4 Å². The predicted octanol–water partition coefficient (Wildman–Crippen LogP) is 4.35. The van der Waals surface area contributed by atoms with Crippen LogP contribution in [-0.2, 0) is 4.74 Å². The third-order valence-electron chi connectivity index (χ3n) is 5.13. The molecule has 178 valence electrons. The maximum absolute atomic E-state index is 12.2.